The van der Waals surface area contributed by atoms with Crippen LogP contribution in [0.15, 0.2) is 4.47 Å². The lowest BCUT2D eigenvalue weighted by atomic mass is 10.3. The van der Waals surface area contributed by atoms with Gasteiger partial charge in [0.15, 0.2) is 5.69 Å². The highest BCUT2D eigenvalue weighted by atomic mass is 79.9. The molecule has 2 rings (SSSR count). The van der Waals surface area contributed by atoms with Gasteiger partial charge in [-0.3, -0.25) is 14.4 Å². The van der Waals surface area contributed by atoms with Crippen LogP contribution in [0.25, 0.3) is 0 Å². The molecule has 0 spiro atoms. The number of alkyl halides is 3. The molecule has 0 atom stereocenters. The number of aryl methyl sites for hydroxylation is 1. The van der Waals surface area contributed by atoms with Crippen LogP contribution in [0.2, 0.25) is 0 Å². The summed E-state index contributed by atoms with van der Waals surface area (Å²) in [5.41, 5.74) is -1.25. The van der Waals surface area contributed by atoms with Gasteiger partial charge in [0.2, 0.25) is 0 Å². The van der Waals surface area contributed by atoms with E-state index in [4.69, 9.17) is 4.74 Å². The fraction of sp³-hybridized carbons (Fsp3) is 0.667. The van der Waals surface area contributed by atoms with Crippen molar-refractivity contribution >= 4 is 21.8 Å². The minimum absolute atomic E-state index is 0.144. The number of nitrogens with one attached hydrogen (secondary N) is 1. The standard InChI is InChI=1S/C12H16BrF3N4O2/c1-19-9(8(13)10(18-19)12(14,15)16)11(21)17-2-3-20-4-6-22-7-5-20/h2-7H2,1H3,(H,17,21). The number of halogens is 4. The van der Waals surface area contributed by atoms with Crippen LogP contribution >= 0.6 is 15.9 Å². The molecule has 1 N–H and O–H groups in total. The van der Waals surface area contributed by atoms with Crippen molar-refractivity contribution in [2.45, 2.75) is 6.18 Å². The van der Waals surface area contributed by atoms with Crippen molar-refractivity contribution in [1.82, 2.24) is 20.0 Å². The second-order valence-electron chi connectivity index (χ2n) is 4.84. The van der Waals surface area contributed by atoms with Gasteiger partial charge in [0.25, 0.3) is 5.91 Å². The molecule has 0 aliphatic carbocycles. The molecule has 6 nitrogen and oxygen atoms in total. The number of nitrogens with zero attached hydrogens (tertiary/aromatic N) is 3. The first-order chi connectivity index (χ1) is 10.3. The Kier molecular flexibility index (Phi) is 5.45. The minimum atomic E-state index is -4.61. The maximum absolute atomic E-state index is 12.7. The molecule has 1 fully saturated rings. The molecule has 0 aromatic carbocycles. The summed E-state index contributed by atoms with van der Waals surface area (Å²) in [6.07, 6.45) is -4.61. The normalized spacial score (nSPS) is 16.8. The van der Waals surface area contributed by atoms with E-state index in [9.17, 15) is 18.0 Å². The Balaban J connectivity index is 1.96. The second-order valence-corrected chi connectivity index (χ2v) is 5.64. The third-order valence-corrected chi connectivity index (χ3v) is 4.04. The van der Waals surface area contributed by atoms with Crippen LogP contribution in [0, 0.1) is 0 Å². The summed E-state index contributed by atoms with van der Waals surface area (Å²) in [6, 6.07) is 0. The van der Waals surface area contributed by atoms with Crippen LogP contribution < -0.4 is 5.32 Å². The van der Waals surface area contributed by atoms with Crippen molar-refractivity contribution in [3.63, 3.8) is 0 Å². The Morgan fingerprint density at radius 3 is 2.59 bits per heavy atom. The van der Waals surface area contributed by atoms with Gasteiger partial charge in [-0.25, -0.2) is 0 Å². The average Bonchev–Trinajstić information content (AvgIpc) is 2.75. The van der Waals surface area contributed by atoms with Gasteiger partial charge in [0, 0.05) is 33.2 Å². The fourth-order valence-corrected chi connectivity index (χ4v) is 2.90. The van der Waals surface area contributed by atoms with E-state index in [2.05, 4.69) is 31.2 Å². The van der Waals surface area contributed by atoms with Gasteiger partial charge >= 0.3 is 6.18 Å². The minimum Gasteiger partial charge on any atom is -0.379 e. The molecular formula is C12H16BrF3N4O2. The Morgan fingerprint density at radius 1 is 1.41 bits per heavy atom. The molecule has 0 unspecified atom stereocenters. The van der Waals surface area contributed by atoms with Gasteiger partial charge in [-0.05, 0) is 15.9 Å². The first-order valence-corrected chi connectivity index (χ1v) is 7.48. The molecule has 0 bridgehead atoms. The summed E-state index contributed by atoms with van der Waals surface area (Å²) in [5, 5.41) is 5.97. The molecule has 1 aliphatic rings. The van der Waals surface area contributed by atoms with Gasteiger partial charge in [-0.15, -0.1) is 0 Å². The fourth-order valence-electron chi connectivity index (χ4n) is 2.16. The zero-order valence-corrected chi connectivity index (χ0v) is 13.5. The summed E-state index contributed by atoms with van der Waals surface area (Å²) >= 11 is 2.82. The maximum Gasteiger partial charge on any atom is 0.436 e. The molecule has 1 aliphatic heterocycles. The number of rotatable bonds is 4. The van der Waals surface area contributed by atoms with Gasteiger partial charge in [-0.2, -0.15) is 18.3 Å². The zero-order chi connectivity index (χ0) is 16.3. The smallest absolute Gasteiger partial charge is 0.379 e. The van der Waals surface area contributed by atoms with E-state index in [-0.39, 0.29) is 10.2 Å². The first kappa shape index (κ1) is 17.2. The summed E-state index contributed by atoms with van der Waals surface area (Å²) in [4.78, 5) is 14.2. The van der Waals surface area contributed by atoms with E-state index < -0.39 is 17.8 Å². The van der Waals surface area contributed by atoms with Crippen LogP contribution in [0.5, 0.6) is 0 Å². The van der Waals surface area contributed by atoms with Crippen LogP contribution in [0.3, 0.4) is 0 Å². The predicted octanol–water partition coefficient (Wildman–Crippen LogP) is 1.26. The van der Waals surface area contributed by atoms with Crippen molar-refractivity contribution < 1.29 is 22.7 Å². The molecule has 22 heavy (non-hydrogen) atoms. The molecule has 0 radical (unpaired) electrons. The number of morpholine rings is 1. The summed E-state index contributed by atoms with van der Waals surface area (Å²) in [7, 11) is 1.30. The lowest BCUT2D eigenvalue weighted by Crippen LogP contribution is -2.41. The van der Waals surface area contributed by atoms with Gasteiger partial charge in [0.05, 0.1) is 17.7 Å². The van der Waals surface area contributed by atoms with E-state index in [0.717, 1.165) is 17.8 Å². The highest BCUT2D eigenvalue weighted by molar-refractivity contribution is 9.10. The Bertz CT molecular complexity index is 541. The SMILES string of the molecule is Cn1nc(C(F)(F)F)c(Br)c1C(=O)NCCN1CCOCC1. The molecule has 1 aromatic heterocycles. The van der Waals surface area contributed by atoms with Crippen LogP contribution in [0.4, 0.5) is 13.2 Å². The zero-order valence-electron chi connectivity index (χ0n) is 11.9. The highest BCUT2D eigenvalue weighted by Gasteiger charge is 2.39. The van der Waals surface area contributed by atoms with E-state index in [1.165, 1.54) is 7.05 Å². The summed E-state index contributed by atoms with van der Waals surface area (Å²) in [5.74, 6) is -0.592. The molecule has 1 saturated heterocycles. The van der Waals surface area contributed by atoms with Crippen LogP contribution in [-0.2, 0) is 18.0 Å². The van der Waals surface area contributed by atoms with Crippen molar-refractivity contribution in [1.29, 1.82) is 0 Å². The number of hydrogen-bond acceptors (Lipinski definition) is 4. The van der Waals surface area contributed by atoms with Crippen molar-refractivity contribution in [2.24, 2.45) is 7.05 Å². The van der Waals surface area contributed by atoms with Gasteiger partial charge in [0.1, 0.15) is 5.69 Å². The predicted molar refractivity (Wildman–Crippen MR) is 75.5 cm³/mol. The molecule has 1 amide bonds. The van der Waals surface area contributed by atoms with E-state index in [0.29, 0.717) is 26.3 Å². The third-order valence-electron chi connectivity index (χ3n) is 3.29. The number of ether oxygens (including phenoxy) is 1. The summed E-state index contributed by atoms with van der Waals surface area (Å²) in [6.45, 7) is 3.83. The molecule has 124 valence electrons. The van der Waals surface area contributed by atoms with E-state index >= 15 is 0 Å². The van der Waals surface area contributed by atoms with Gasteiger partial charge < -0.3 is 10.1 Å². The monoisotopic (exact) mass is 384 g/mol. The van der Waals surface area contributed by atoms with Crippen molar-refractivity contribution in [3.8, 4) is 0 Å². The highest BCUT2D eigenvalue weighted by Crippen LogP contribution is 2.35. The maximum atomic E-state index is 12.7. The number of hydrogen-bond donors (Lipinski definition) is 1. The molecule has 2 heterocycles. The van der Waals surface area contributed by atoms with E-state index in [1.54, 1.807) is 0 Å². The second kappa shape index (κ2) is 6.97. The lowest BCUT2D eigenvalue weighted by Gasteiger charge is -2.26. The number of amides is 1. The average molecular weight is 385 g/mol. The van der Waals surface area contributed by atoms with Crippen molar-refractivity contribution in [2.75, 3.05) is 39.4 Å². The van der Waals surface area contributed by atoms with E-state index in [1.807, 2.05) is 0 Å². The van der Waals surface area contributed by atoms with Crippen LogP contribution in [0.1, 0.15) is 16.2 Å². The Hall–Kier alpha value is -1.13. The summed E-state index contributed by atoms with van der Waals surface area (Å²) < 4.78 is 44.0. The topological polar surface area (TPSA) is 59.4 Å². The number of carbonyl (C=O) groups is 1. The lowest BCUT2D eigenvalue weighted by molar-refractivity contribution is -0.142. The largest absolute Gasteiger partial charge is 0.436 e. The Labute approximate surface area is 133 Å². The number of aromatic nitrogens is 2. The molecule has 1 aromatic rings. The Morgan fingerprint density at radius 2 is 2.05 bits per heavy atom. The van der Waals surface area contributed by atoms with Gasteiger partial charge in [-0.1, -0.05) is 0 Å². The third kappa shape index (κ3) is 3.99. The molecular weight excluding hydrogens is 369 g/mol. The quantitative estimate of drug-likeness (QED) is 0.848. The van der Waals surface area contributed by atoms with Crippen LogP contribution in [-0.4, -0.2) is 60.0 Å². The molecule has 10 heteroatoms. The van der Waals surface area contributed by atoms with Crippen molar-refractivity contribution in [3.05, 3.63) is 15.9 Å². The number of carbonyl (C=O) groups excluding carboxylic acids is 1. The first-order valence-electron chi connectivity index (χ1n) is 6.68. The molecule has 0 saturated carbocycles.